The second-order valence-electron chi connectivity index (χ2n) is 6.63. The molecule has 26 heavy (non-hydrogen) atoms. The third-order valence-corrected chi connectivity index (χ3v) is 8.56. The van der Waals surface area contributed by atoms with Crippen LogP contribution in [0.15, 0.2) is 29.2 Å². The minimum absolute atomic E-state index is 0.0639. The molecule has 146 valence electrons. The number of unbranched alkanes of at least 4 members (excludes halogenated alkanes) is 2. The summed E-state index contributed by atoms with van der Waals surface area (Å²) in [5.41, 5.74) is 0.490. The first-order chi connectivity index (χ1) is 12.2. The van der Waals surface area contributed by atoms with E-state index in [9.17, 15) is 21.6 Å². The van der Waals surface area contributed by atoms with Crippen molar-refractivity contribution in [2.45, 2.75) is 49.3 Å². The van der Waals surface area contributed by atoms with Crippen molar-refractivity contribution in [2.75, 3.05) is 23.4 Å². The standard InChI is InChI=1S/C17H26N2O5S2/c1-3-4-5-10-18-16-11-25(21,22)12-17(16)26(23,24)15-8-6-14(7-9-15)19-13(2)20/h6-9,16-18H,3-5,10-12H2,1-2H3,(H,19,20)/t16-,17-/m0/s1. The highest BCUT2D eigenvalue weighted by molar-refractivity contribution is 7.96. The average Bonchev–Trinajstić information content (AvgIpc) is 2.87. The third kappa shape index (κ3) is 5.28. The summed E-state index contributed by atoms with van der Waals surface area (Å²) in [6.07, 6.45) is 2.92. The number of hydrogen-bond acceptors (Lipinski definition) is 6. The van der Waals surface area contributed by atoms with Crippen LogP contribution in [0.3, 0.4) is 0 Å². The van der Waals surface area contributed by atoms with E-state index < -0.39 is 31.0 Å². The van der Waals surface area contributed by atoms with E-state index in [0.29, 0.717) is 12.2 Å². The van der Waals surface area contributed by atoms with E-state index in [-0.39, 0.29) is 22.3 Å². The Kier molecular flexibility index (Phi) is 6.81. The normalized spacial score (nSPS) is 22.2. The Labute approximate surface area is 155 Å². The molecule has 0 spiro atoms. The first-order valence-electron chi connectivity index (χ1n) is 8.71. The molecule has 2 rings (SSSR count). The van der Waals surface area contributed by atoms with Gasteiger partial charge in [0.15, 0.2) is 19.7 Å². The van der Waals surface area contributed by atoms with Crippen molar-refractivity contribution in [3.63, 3.8) is 0 Å². The zero-order valence-electron chi connectivity index (χ0n) is 15.1. The van der Waals surface area contributed by atoms with Crippen molar-refractivity contribution in [1.29, 1.82) is 0 Å². The summed E-state index contributed by atoms with van der Waals surface area (Å²) in [6.45, 7) is 4.03. The molecule has 0 unspecified atom stereocenters. The molecule has 0 saturated carbocycles. The second-order valence-corrected chi connectivity index (χ2v) is 11.0. The van der Waals surface area contributed by atoms with Crippen LogP contribution in [0.1, 0.15) is 33.1 Å². The molecular formula is C17H26N2O5S2. The fraction of sp³-hybridized carbons (Fsp3) is 0.588. The monoisotopic (exact) mass is 402 g/mol. The molecule has 2 N–H and O–H groups in total. The number of nitrogens with one attached hydrogen (secondary N) is 2. The smallest absolute Gasteiger partial charge is 0.221 e. The van der Waals surface area contributed by atoms with Gasteiger partial charge in [-0.2, -0.15) is 0 Å². The lowest BCUT2D eigenvalue weighted by atomic mass is 10.2. The SMILES string of the molecule is CCCCCN[C@H]1CS(=O)(=O)C[C@@H]1S(=O)(=O)c1ccc(NC(C)=O)cc1. The molecule has 1 aliphatic heterocycles. The third-order valence-electron chi connectivity index (χ3n) is 4.39. The van der Waals surface area contributed by atoms with E-state index in [0.717, 1.165) is 19.3 Å². The van der Waals surface area contributed by atoms with Crippen LogP contribution in [0.2, 0.25) is 0 Å². The van der Waals surface area contributed by atoms with E-state index in [1.54, 1.807) is 0 Å². The number of sulfone groups is 2. The average molecular weight is 403 g/mol. The Morgan fingerprint density at radius 2 is 1.81 bits per heavy atom. The van der Waals surface area contributed by atoms with Gasteiger partial charge in [-0.3, -0.25) is 4.79 Å². The largest absolute Gasteiger partial charge is 0.326 e. The van der Waals surface area contributed by atoms with Crippen molar-refractivity contribution < 1.29 is 21.6 Å². The highest BCUT2D eigenvalue weighted by atomic mass is 32.2. The summed E-state index contributed by atoms with van der Waals surface area (Å²) in [6, 6.07) is 5.21. The van der Waals surface area contributed by atoms with Gasteiger partial charge in [-0.1, -0.05) is 19.8 Å². The van der Waals surface area contributed by atoms with Crippen molar-refractivity contribution in [1.82, 2.24) is 5.32 Å². The molecule has 1 fully saturated rings. The number of hydrogen-bond donors (Lipinski definition) is 2. The van der Waals surface area contributed by atoms with E-state index >= 15 is 0 Å². The summed E-state index contributed by atoms with van der Waals surface area (Å²) < 4.78 is 50.0. The number of amides is 1. The lowest BCUT2D eigenvalue weighted by molar-refractivity contribution is -0.114. The first-order valence-corrected chi connectivity index (χ1v) is 12.1. The number of rotatable bonds is 8. The molecule has 1 aromatic carbocycles. The quantitative estimate of drug-likeness (QED) is 0.636. The molecule has 0 aliphatic carbocycles. The molecule has 0 radical (unpaired) electrons. The lowest BCUT2D eigenvalue weighted by Crippen LogP contribution is -2.43. The Balaban J connectivity index is 2.19. The minimum atomic E-state index is -3.80. The fourth-order valence-electron chi connectivity index (χ4n) is 3.08. The highest BCUT2D eigenvalue weighted by Gasteiger charge is 2.45. The maximum Gasteiger partial charge on any atom is 0.221 e. The lowest BCUT2D eigenvalue weighted by Gasteiger charge is -2.20. The van der Waals surface area contributed by atoms with Gasteiger partial charge >= 0.3 is 0 Å². The Morgan fingerprint density at radius 3 is 2.38 bits per heavy atom. The van der Waals surface area contributed by atoms with Crippen molar-refractivity contribution >= 4 is 31.3 Å². The van der Waals surface area contributed by atoms with Crippen molar-refractivity contribution in [3.05, 3.63) is 24.3 Å². The maximum atomic E-state index is 13.0. The predicted molar refractivity (Wildman–Crippen MR) is 102 cm³/mol. The number of anilines is 1. The van der Waals surface area contributed by atoms with Crippen LogP contribution < -0.4 is 10.6 Å². The molecule has 0 aromatic heterocycles. The van der Waals surface area contributed by atoms with Gasteiger partial charge in [-0.15, -0.1) is 0 Å². The van der Waals surface area contributed by atoms with Gasteiger partial charge in [-0.25, -0.2) is 16.8 Å². The molecule has 1 heterocycles. The minimum Gasteiger partial charge on any atom is -0.326 e. The highest BCUT2D eigenvalue weighted by Crippen LogP contribution is 2.27. The maximum absolute atomic E-state index is 13.0. The topological polar surface area (TPSA) is 109 Å². The zero-order chi connectivity index (χ0) is 19.4. The number of benzene rings is 1. The molecule has 1 saturated heterocycles. The van der Waals surface area contributed by atoms with Crippen LogP contribution in [0, 0.1) is 0 Å². The number of carbonyl (C=O) groups is 1. The number of carbonyl (C=O) groups excluding carboxylic acids is 1. The summed E-state index contributed by atoms with van der Waals surface area (Å²) in [4.78, 5) is 11.1. The Hall–Kier alpha value is -1.45. The zero-order valence-corrected chi connectivity index (χ0v) is 16.7. The van der Waals surface area contributed by atoms with Gasteiger partial charge in [0.2, 0.25) is 5.91 Å². The molecular weight excluding hydrogens is 376 g/mol. The Bertz CT molecular complexity index is 832. The van der Waals surface area contributed by atoms with Gasteiger partial charge < -0.3 is 10.6 Å². The second kappa shape index (κ2) is 8.49. The molecule has 1 aliphatic rings. The van der Waals surface area contributed by atoms with Crippen molar-refractivity contribution in [2.24, 2.45) is 0 Å². The van der Waals surface area contributed by atoms with Crippen molar-refractivity contribution in [3.8, 4) is 0 Å². The molecule has 2 atom stereocenters. The van der Waals surface area contributed by atoms with E-state index in [1.165, 1.54) is 31.2 Å². The van der Waals surface area contributed by atoms with Crippen LogP contribution in [0.25, 0.3) is 0 Å². The van der Waals surface area contributed by atoms with Crippen LogP contribution in [0.4, 0.5) is 5.69 Å². The summed E-state index contributed by atoms with van der Waals surface area (Å²) >= 11 is 0. The van der Waals surface area contributed by atoms with Gasteiger partial charge in [0.1, 0.15) is 0 Å². The molecule has 7 nitrogen and oxygen atoms in total. The predicted octanol–water partition coefficient (Wildman–Crippen LogP) is 1.36. The Morgan fingerprint density at radius 1 is 1.15 bits per heavy atom. The summed E-state index contributed by atoms with van der Waals surface area (Å²) in [7, 11) is -7.20. The molecule has 1 aromatic rings. The first kappa shape index (κ1) is 20.9. The summed E-state index contributed by atoms with van der Waals surface area (Å²) in [5.74, 6) is -0.778. The van der Waals surface area contributed by atoms with Gasteiger partial charge in [0, 0.05) is 18.7 Å². The van der Waals surface area contributed by atoms with Crippen LogP contribution in [-0.2, 0) is 24.5 Å². The molecule has 9 heteroatoms. The van der Waals surface area contributed by atoms with Gasteiger partial charge in [0.05, 0.1) is 21.7 Å². The van der Waals surface area contributed by atoms with Gasteiger partial charge in [-0.05, 0) is 37.2 Å². The summed E-state index contributed by atoms with van der Waals surface area (Å²) in [5, 5.41) is 4.69. The van der Waals surface area contributed by atoms with Gasteiger partial charge in [0.25, 0.3) is 0 Å². The van der Waals surface area contributed by atoms with E-state index in [4.69, 9.17) is 0 Å². The van der Waals surface area contributed by atoms with Crippen LogP contribution in [0.5, 0.6) is 0 Å². The van der Waals surface area contributed by atoms with Crippen LogP contribution in [-0.4, -0.2) is 52.1 Å². The molecule has 0 bridgehead atoms. The van der Waals surface area contributed by atoms with E-state index in [1.807, 2.05) is 0 Å². The van der Waals surface area contributed by atoms with E-state index in [2.05, 4.69) is 17.6 Å². The van der Waals surface area contributed by atoms with Crippen LogP contribution >= 0.6 is 0 Å². The fourth-order valence-corrected chi connectivity index (χ4v) is 7.80. The molecule has 1 amide bonds.